The van der Waals surface area contributed by atoms with Gasteiger partial charge in [0, 0.05) is 23.9 Å². The molecule has 90 valence electrons. The van der Waals surface area contributed by atoms with E-state index in [1.165, 1.54) is 0 Å². The van der Waals surface area contributed by atoms with Crippen LogP contribution in [-0.4, -0.2) is 18.0 Å². The average Bonchev–Trinajstić information content (AvgIpc) is 2.44. The van der Waals surface area contributed by atoms with E-state index in [0.717, 1.165) is 22.6 Å². The van der Waals surface area contributed by atoms with Crippen LogP contribution in [0.3, 0.4) is 0 Å². The van der Waals surface area contributed by atoms with Crippen LogP contribution in [0.2, 0.25) is 0 Å². The maximum absolute atomic E-state index is 10.1. The fraction of sp³-hybridized carbons (Fsp3) is 0.133. The van der Waals surface area contributed by atoms with Crippen molar-refractivity contribution in [3.05, 3.63) is 65.7 Å². The highest BCUT2D eigenvalue weighted by atomic mass is 16.3. The molecule has 0 bridgehead atoms. The Morgan fingerprint density at radius 1 is 1.00 bits per heavy atom. The zero-order valence-corrected chi connectivity index (χ0v) is 10.1. The second-order valence-corrected chi connectivity index (χ2v) is 4.31. The van der Waals surface area contributed by atoms with Crippen LogP contribution in [0, 0.1) is 0 Å². The van der Waals surface area contributed by atoms with Crippen molar-refractivity contribution in [1.29, 1.82) is 0 Å². The molecule has 0 aliphatic carbocycles. The van der Waals surface area contributed by atoms with Crippen LogP contribution in [0.4, 0.5) is 5.69 Å². The predicted octanol–water partition coefficient (Wildman–Crippen LogP) is 2.57. The number of aliphatic imine (C=N–C) groups is 1. The second kappa shape index (κ2) is 4.27. The normalized spacial score (nSPS) is 18.2. The third-order valence-electron chi connectivity index (χ3n) is 3.17. The number of rotatable bonds is 1. The maximum atomic E-state index is 10.1. The third kappa shape index (κ3) is 1.69. The Hall–Kier alpha value is -2.13. The fourth-order valence-corrected chi connectivity index (χ4v) is 2.25. The Kier molecular flexibility index (Phi) is 2.61. The van der Waals surface area contributed by atoms with Gasteiger partial charge in [0.1, 0.15) is 5.84 Å². The van der Waals surface area contributed by atoms with Crippen molar-refractivity contribution in [2.45, 2.75) is 6.23 Å². The molecule has 3 heteroatoms. The molecule has 3 nitrogen and oxygen atoms in total. The van der Waals surface area contributed by atoms with E-state index in [0.29, 0.717) is 0 Å². The number of anilines is 1. The van der Waals surface area contributed by atoms with Gasteiger partial charge < -0.3 is 10.0 Å². The molecule has 1 atom stereocenters. The number of benzene rings is 2. The van der Waals surface area contributed by atoms with Crippen LogP contribution in [0.25, 0.3) is 0 Å². The SMILES string of the molecule is CN1C(c2ccccc2)=N[C@H](O)c2ccccc21. The van der Waals surface area contributed by atoms with E-state index in [1.54, 1.807) is 0 Å². The third-order valence-corrected chi connectivity index (χ3v) is 3.17. The van der Waals surface area contributed by atoms with Crippen LogP contribution in [0.5, 0.6) is 0 Å². The van der Waals surface area contributed by atoms with Gasteiger partial charge in [-0.2, -0.15) is 0 Å². The first kappa shape index (κ1) is 11.0. The Labute approximate surface area is 106 Å². The molecule has 2 aromatic carbocycles. The van der Waals surface area contributed by atoms with Crippen LogP contribution in [0.15, 0.2) is 59.6 Å². The highest BCUT2D eigenvalue weighted by Crippen LogP contribution is 2.32. The summed E-state index contributed by atoms with van der Waals surface area (Å²) >= 11 is 0. The molecular formula is C15H14N2O. The monoisotopic (exact) mass is 238 g/mol. The first-order valence-corrected chi connectivity index (χ1v) is 5.91. The number of aliphatic hydroxyl groups is 1. The summed E-state index contributed by atoms with van der Waals surface area (Å²) in [6.45, 7) is 0. The number of aliphatic hydroxyl groups excluding tert-OH is 1. The lowest BCUT2D eigenvalue weighted by atomic mass is 10.1. The van der Waals surface area contributed by atoms with Gasteiger partial charge in [-0.25, -0.2) is 4.99 Å². The Morgan fingerprint density at radius 2 is 1.67 bits per heavy atom. The molecule has 0 saturated carbocycles. The first-order valence-electron chi connectivity index (χ1n) is 5.91. The molecule has 0 spiro atoms. The molecule has 3 rings (SSSR count). The van der Waals surface area contributed by atoms with Crippen molar-refractivity contribution in [2.75, 3.05) is 11.9 Å². The van der Waals surface area contributed by atoms with E-state index in [2.05, 4.69) is 4.99 Å². The second-order valence-electron chi connectivity index (χ2n) is 4.31. The topological polar surface area (TPSA) is 35.8 Å². The van der Waals surface area contributed by atoms with Gasteiger partial charge >= 0.3 is 0 Å². The van der Waals surface area contributed by atoms with E-state index in [4.69, 9.17) is 0 Å². The van der Waals surface area contributed by atoms with Gasteiger partial charge in [-0.1, -0.05) is 48.5 Å². The van der Waals surface area contributed by atoms with Gasteiger partial charge in [0.15, 0.2) is 6.23 Å². The quantitative estimate of drug-likeness (QED) is 0.828. The number of amidine groups is 1. The highest BCUT2D eigenvalue weighted by Gasteiger charge is 2.23. The van der Waals surface area contributed by atoms with Crippen LogP contribution >= 0.6 is 0 Å². The minimum Gasteiger partial charge on any atom is -0.368 e. The summed E-state index contributed by atoms with van der Waals surface area (Å²) in [6.07, 6.45) is -0.785. The zero-order chi connectivity index (χ0) is 12.5. The number of fused-ring (bicyclic) bond motifs is 1. The molecule has 1 aliphatic rings. The van der Waals surface area contributed by atoms with Crippen LogP contribution < -0.4 is 4.90 Å². The number of nitrogens with zero attached hydrogens (tertiary/aromatic N) is 2. The maximum Gasteiger partial charge on any atom is 0.175 e. The summed E-state index contributed by atoms with van der Waals surface area (Å²) in [6, 6.07) is 17.7. The van der Waals surface area contributed by atoms with Gasteiger partial charge in [0.25, 0.3) is 0 Å². The lowest BCUT2D eigenvalue weighted by Gasteiger charge is -2.30. The minimum atomic E-state index is -0.785. The van der Waals surface area contributed by atoms with Crippen LogP contribution in [0.1, 0.15) is 17.4 Å². The van der Waals surface area contributed by atoms with Crippen molar-refractivity contribution in [2.24, 2.45) is 4.99 Å². The smallest absolute Gasteiger partial charge is 0.175 e. The Morgan fingerprint density at radius 3 is 2.44 bits per heavy atom. The zero-order valence-electron chi connectivity index (χ0n) is 10.1. The first-order chi connectivity index (χ1) is 8.77. The lowest BCUT2D eigenvalue weighted by molar-refractivity contribution is 0.187. The van der Waals surface area contributed by atoms with Gasteiger partial charge in [0.2, 0.25) is 0 Å². The molecule has 1 N–H and O–H groups in total. The van der Waals surface area contributed by atoms with E-state index in [-0.39, 0.29) is 0 Å². The average molecular weight is 238 g/mol. The van der Waals surface area contributed by atoms with Crippen LogP contribution in [-0.2, 0) is 0 Å². The lowest BCUT2D eigenvalue weighted by Crippen LogP contribution is -2.32. The molecule has 0 fully saturated rings. The van der Waals surface area contributed by atoms with E-state index >= 15 is 0 Å². The van der Waals surface area contributed by atoms with E-state index in [1.807, 2.05) is 66.5 Å². The van der Waals surface area contributed by atoms with Gasteiger partial charge in [-0.15, -0.1) is 0 Å². The van der Waals surface area contributed by atoms with E-state index in [9.17, 15) is 5.11 Å². The molecule has 0 unspecified atom stereocenters. The molecule has 1 heterocycles. The summed E-state index contributed by atoms with van der Waals surface area (Å²) in [4.78, 5) is 6.38. The molecule has 0 amide bonds. The van der Waals surface area contributed by atoms with E-state index < -0.39 is 6.23 Å². The predicted molar refractivity (Wildman–Crippen MR) is 72.8 cm³/mol. The van der Waals surface area contributed by atoms with Crippen molar-refractivity contribution >= 4 is 11.5 Å². The molecule has 2 aromatic rings. The molecule has 18 heavy (non-hydrogen) atoms. The molecular weight excluding hydrogens is 224 g/mol. The fourth-order valence-electron chi connectivity index (χ4n) is 2.25. The summed E-state index contributed by atoms with van der Waals surface area (Å²) in [5, 5.41) is 10.1. The Balaban J connectivity index is 2.10. The number of para-hydroxylation sites is 1. The molecule has 0 saturated heterocycles. The van der Waals surface area contributed by atoms with Gasteiger partial charge in [0.05, 0.1) is 0 Å². The Bertz CT molecular complexity index is 592. The largest absolute Gasteiger partial charge is 0.368 e. The summed E-state index contributed by atoms with van der Waals surface area (Å²) in [5.41, 5.74) is 2.85. The van der Waals surface area contributed by atoms with Gasteiger partial charge in [-0.3, -0.25) is 0 Å². The number of hydrogen-bond acceptors (Lipinski definition) is 3. The molecule has 1 aliphatic heterocycles. The number of hydrogen-bond donors (Lipinski definition) is 1. The summed E-state index contributed by atoms with van der Waals surface area (Å²) < 4.78 is 0. The molecule has 0 radical (unpaired) electrons. The molecule has 0 aromatic heterocycles. The van der Waals surface area contributed by atoms with Crippen molar-refractivity contribution in [3.8, 4) is 0 Å². The van der Waals surface area contributed by atoms with Gasteiger partial charge in [-0.05, 0) is 6.07 Å². The van der Waals surface area contributed by atoms with Crippen molar-refractivity contribution in [3.63, 3.8) is 0 Å². The van der Waals surface area contributed by atoms with Crippen molar-refractivity contribution < 1.29 is 5.11 Å². The summed E-state index contributed by atoms with van der Waals surface area (Å²) in [7, 11) is 1.97. The van der Waals surface area contributed by atoms with Crippen molar-refractivity contribution in [1.82, 2.24) is 0 Å². The summed E-state index contributed by atoms with van der Waals surface area (Å²) in [5.74, 6) is 0.793. The standard InChI is InChI=1S/C15H14N2O/c1-17-13-10-6-5-9-12(13)15(18)16-14(17)11-7-3-2-4-8-11/h2-10,15,18H,1H3/t15-/m1/s1. The highest BCUT2D eigenvalue weighted by molar-refractivity contribution is 6.11. The minimum absolute atomic E-state index is 0.785.